The predicted molar refractivity (Wildman–Crippen MR) is 78.0 cm³/mol. The SMILES string of the molecule is CC(C)(CNC(=O)C1CCCN1)Cc1ccccc1. The number of rotatable bonds is 5. The van der Waals surface area contributed by atoms with Crippen molar-refractivity contribution in [2.45, 2.75) is 39.2 Å². The molecule has 1 heterocycles. The molecule has 1 amide bonds. The molecule has 0 bridgehead atoms. The second kappa shape index (κ2) is 6.20. The van der Waals surface area contributed by atoms with E-state index < -0.39 is 0 Å². The highest BCUT2D eigenvalue weighted by molar-refractivity contribution is 5.82. The molecule has 0 aliphatic carbocycles. The number of benzene rings is 1. The maximum atomic E-state index is 12.0. The summed E-state index contributed by atoms with van der Waals surface area (Å²) in [5.74, 6) is 0.152. The Morgan fingerprint density at radius 1 is 1.37 bits per heavy atom. The molecule has 3 heteroatoms. The molecule has 1 aliphatic heterocycles. The van der Waals surface area contributed by atoms with Gasteiger partial charge < -0.3 is 10.6 Å². The van der Waals surface area contributed by atoms with Gasteiger partial charge in [0.15, 0.2) is 0 Å². The molecule has 0 spiro atoms. The van der Waals surface area contributed by atoms with Crippen molar-refractivity contribution in [3.63, 3.8) is 0 Å². The summed E-state index contributed by atoms with van der Waals surface area (Å²) in [6, 6.07) is 10.5. The van der Waals surface area contributed by atoms with Gasteiger partial charge in [-0.3, -0.25) is 4.79 Å². The molecule has 0 aromatic heterocycles. The van der Waals surface area contributed by atoms with Gasteiger partial charge in [-0.25, -0.2) is 0 Å². The summed E-state index contributed by atoms with van der Waals surface area (Å²) in [4.78, 5) is 12.0. The normalized spacial score (nSPS) is 19.4. The summed E-state index contributed by atoms with van der Waals surface area (Å²) in [6.45, 7) is 6.08. The van der Waals surface area contributed by atoms with E-state index in [1.54, 1.807) is 0 Å². The largest absolute Gasteiger partial charge is 0.354 e. The van der Waals surface area contributed by atoms with Crippen molar-refractivity contribution in [3.8, 4) is 0 Å². The molecule has 2 N–H and O–H groups in total. The number of hydrogen-bond donors (Lipinski definition) is 2. The first-order chi connectivity index (χ1) is 9.07. The lowest BCUT2D eigenvalue weighted by molar-refractivity contribution is -0.123. The standard InChI is InChI=1S/C16H24N2O/c1-16(2,11-13-7-4-3-5-8-13)12-18-15(19)14-9-6-10-17-14/h3-5,7-8,14,17H,6,9-12H2,1-2H3,(H,18,19). The third-order valence-corrected chi connectivity index (χ3v) is 3.64. The van der Waals surface area contributed by atoms with Gasteiger partial charge in [0, 0.05) is 6.54 Å². The van der Waals surface area contributed by atoms with Crippen LogP contribution in [0.3, 0.4) is 0 Å². The zero-order valence-electron chi connectivity index (χ0n) is 11.9. The predicted octanol–water partition coefficient (Wildman–Crippen LogP) is 2.12. The molecule has 1 fully saturated rings. The Balaban J connectivity index is 1.81. The van der Waals surface area contributed by atoms with Crippen LogP contribution in [0.1, 0.15) is 32.3 Å². The first-order valence-corrected chi connectivity index (χ1v) is 7.12. The lowest BCUT2D eigenvalue weighted by Crippen LogP contribution is -2.44. The fourth-order valence-electron chi connectivity index (χ4n) is 2.57. The van der Waals surface area contributed by atoms with Crippen LogP contribution in [-0.2, 0) is 11.2 Å². The number of carbonyl (C=O) groups is 1. The van der Waals surface area contributed by atoms with E-state index in [1.807, 2.05) is 6.07 Å². The van der Waals surface area contributed by atoms with Crippen LogP contribution in [0.25, 0.3) is 0 Å². The average molecular weight is 260 g/mol. The minimum atomic E-state index is 0.0209. The molecule has 0 saturated carbocycles. The Hall–Kier alpha value is -1.35. The topological polar surface area (TPSA) is 41.1 Å². The first-order valence-electron chi connectivity index (χ1n) is 7.12. The number of nitrogens with one attached hydrogen (secondary N) is 2. The molecule has 104 valence electrons. The van der Waals surface area contributed by atoms with Crippen LogP contribution in [0.5, 0.6) is 0 Å². The number of carbonyl (C=O) groups excluding carboxylic acids is 1. The summed E-state index contributed by atoms with van der Waals surface area (Å²) in [7, 11) is 0. The van der Waals surface area contributed by atoms with Crippen molar-refractivity contribution in [2.24, 2.45) is 5.41 Å². The smallest absolute Gasteiger partial charge is 0.237 e. The van der Waals surface area contributed by atoms with Crippen molar-refractivity contribution in [1.29, 1.82) is 0 Å². The summed E-state index contributed by atoms with van der Waals surface area (Å²) in [5, 5.41) is 6.31. The van der Waals surface area contributed by atoms with Gasteiger partial charge in [0.25, 0.3) is 0 Å². The van der Waals surface area contributed by atoms with Gasteiger partial charge in [-0.15, -0.1) is 0 Å². The monoisotopic (exact) mass is 260 g/mol. The van der Waals surface area contributed by atoms with Crippen molar-refractivity contribution in [3.05, 3.63) is 35.9 Å². The van der Waals surface area contributed by atoms with E-state index in [1.165, 1.54) is 5.56 Å². The van der Waals surface area contributed by atoms with Gasteiger partial charge in [0.05, 0.1) is 6.04 Å². The molecular formula is C16H24N2O. The fourth-order valence-corrected chi connectivity index (χ4v) is 2.57. The Bertz CT molecular complexity index is 408. The van der Waals surface area contributed by atoms with Crippen molar-refractivity contribution >= 4 is 5.91 Å². The molecule has 1 aliphatic rings. The van der Waals surface area contributed by atoms with Crippen LogP contribution in [0.4, 0.5) is 0 Å². The van der Waals surface area contributed by atoms with Crippen molar-refractivity contribution < 1.29 is 4.79 Å². The minimum Gasteiger partial charge on any atom is -0.354 e. The third kappa shape index (κ3) is 4.35. The number of hydrogen-bond acceptors (Lipinski definition) is 2. The molecule has 2 rings (SSSR count). The first kappa shape index (κ1) is 14.1. The molecule has 3 nitrogen and oxygen atoms in total. The van der Waals surface area contributed by atoms with Crippen LogP contribution in [0.2, 0.25) is 0 Å². The summed E-state index contributed by atoms with van der Waals surface area (Å²) < 4.78 is 0. The van der Waals surface area contributed by atoms with Crippen molar-refractivity contribution in [2.75, 3.05) is 13.1 Å². The Kier molecular flexibility index (Phi) is 4.59. The maximum Gasteiger partial charge on any atom is 0.237 e. The molecule has 1 aromatic carbocycles. The van der Waals surface area contributed by atoms with Crippen LogP contribution >= 0.6 is 0 Å². The highest BCUT2D eigenvalue weighted by atomic mass is 16.2. The zero-order valence-corrected chi connectivity index (χ0v) is 11.9. The van der Waals surface area contributed by atoms with E-state index in [9.17, 15) is 4.79 Å². The van der Waals surface area contributed by atoms with Gasteiger partial charge >= 0.3 is 0 Å². The lowest BCUT2D eigenvalue weighted by Gasteiger charge is -2.26. The van der Waals surface area contributed by atoms with E-state index in [0.29, 0.717) is 0 Å². The lowest BCUT2D eigenvalue weighted by atomic mass is 9.85. The molecule has 19 heavy (non-hydrogen) atoms. The van der Waals surface area contributed by atoms with Gasteiger partial charge in [-0.2, -0.15) is 0 Å². The van der Waals surface area contributed by atoms with Crippen LogP contribution in [0.15, 0.2) is 30.3 Å². The zero-order chi connectivity index (χ0) is 13.7. The fraction of sp³-hybridized carbons (Fsp3) is 0.562. The summed E-state index contributed by atoms with van der Waals surface area (Å²) in [5.41, 5.74) is 1.40. The highest BCUT2D eigenvalue weighted by Gasteiger charge is 2.24. The summed E-state index contributed by atoms with van der Waals surface area (Å²) in [6.07, 6.45) is 3.04. The molecule has 0 radical (unpaired) electrons. The molecule has 1 saturated heterocycles. The van der Waals surface area contributed by atoms with Gasteiger partial charge in [0.1, 0.15) is 0 Å². The molecule has 1 atom stereocenters. The van der Waals surface area contributed by atoms with Crippen LogP contribution in [-0.4, -0.2) is 25.0 Å². The summed E-state index contributed by atoms with van der Waals surface area (Å²) >= 11 is 0. The average Bonchev–Trinajstić information content (AvgIpc) is 2.91. The maximum absolute atomic E-state index is 12.0. The third-order valence-electron chi connectivity index (χ3n) is 3.64. The quantitative estimate of drug-likeness (QED) is 0.851. The number of amides is 1. The van der Waals surface area contributed by atoms with E-state index >= 15 is 0 Å². The van der Waals surface area contributed by atoms with Gasteiger partial charge in [0.2, 0.25) is 5.91 Å². The Labute approximate surface area is 115 Å². The Morgan fingerprint density at radius 3 is 2.74 bits per heavy atom. The Morgan fingerprint density at radius 2 is 2.11 bits per heavy atom. The van der Waals surface area contributed by atoms with Gasteiger partial charge in [-0.1, -0.05) is 44.2 Å². The van der Waals surface area contributed by atoms with E-state index in [-0.39, 0.29) is 17.4 Å². The van der Waals surface area contributed by atoms with Gasteiger partial charge in [-0.05, 0) is 36.8 Å². The molecule has 1 aromatic rings. The molecule has 1 unspecified atom stereocenters. The van der Waals surface area contributed by atoms with Crippen molar-refractivity contribution in [1.82, 2.24) is 10.6 Å². The van der Waals surface area contributed by atoms with Crippen LogP contribution < -0.4 is 10.6 Å². The highest BCUT2D eigenvalue weighted by Crippen LogP contribution is 2.20. The second-order valence-electron chi connectivity index (χ2n) is 6.19. The van der Waals surface area contributed by atoms with E-state index in [2.05, 4.69) is 48.7 Å². The van der Waals surface area contributed by atoms with Crippen LogP contribution in [0, 0.1) is 5.41 Å². The molecular weight excluding hydrogens is 236 g/mol. The van der Waals surface area contributed by atoms with E-state index in [0.717, 1.165) is 32.4 Å². The van der Waals surface area contributed by atoms with E-state index in [4.69, 9.17) is 0 Å². The minimum absolute atomic E-state index is 0.0209. The second-order valence-corrected chi connectivity index (χ2v) is 6.19.